The zero-order chi connectivity index (χ0) is 17.1. The van der Waals surface area contributed by atoms with Crippen molar-refractivity contribution in [1.29, 1.82) is 0 Å². The van der Waals surface area contributed by atoms with E-state index in [0.717, 1.165) is 16.7 Å². The molecule has 4 heteroatoms. The zero-order valence-corrected chi connectivity index (χ0v) is 15.8. The number of hydrogen-bond acceptors (Lipinski definition) is 3. The van der Waals surface area contributed by atoms with Gasteiger partial charge in [0.15, 0.2) is 0 Å². The Labute approximate surface area is 157 Å². The minimum Gasteiger partial charge on any atom is -0.361 e. The molecular weight excluding hydrogens is 374 g/mol. The predicted molar refractivity (Wildman–Crippen MR) is 109 cm³/mol. The van der Waals surface area contributed by atoms with Gasteiger partial charge in [0.1, 0.15) is 0 Å². The average molecular weight is 396 g/mol. The summed E-state index contributed by atoms with van der Waals surface area (Å²) < 4.78 is 1.10. The molecule has 0 atom stereocenters. The lowest BCUT2D eigenvalue weighted by atomic mass is 9.99. The smallest absolute Gasteiger partial charge is 0.0660 e. The van der Waals surface area contributed by atoms with Crippen LogP contribution in [0, 0.1) is 0 Å². The van der Waals surface area contributed by atoms with Gasteiger partial charge in [-0.25, -0.2) is 0 Å². The normalized spacial score (nSPS) is 18.5. The Morgan fingerprint density at radius 3 is 2.68 bits per heavy atom. The number of aliphatic imine (C=N–C) groups is 1. The third-order valence-electron chi connectivity index (χ3n) is 4.83. The molecule has 0 spiro atoms. The number of halogens is 1. The number of hydrogen-bond donors (Lipinski definition) is 1. The molecule has 0 bridgehead atoms. The first kappa shape index (κ1) is 16.6. The average Bonchev–Trinajstić information content (AvgIpc) is 3.14. The molecule has 0 aromatic heterocycles. The number of rotatable bonds is 4. The van der Waals surface area contributed by atoms with E-state index in [0.29, 0.717) is 6.54 Å². The molecule has 128 valence electrons. The van der Waals surface area contributed by atoms with Crippen molar-refractivity contribution in [1.82, 2.24) is 4.90 Å². The van der Waals surface area contributed by atoms with Crippen LogP contribution in [0.3, 0.4) is 0 Å². The molecule has 2 aromatic carbocycles. The monoisotopic (exact) mass is 395 g/mol. The molecule has 4 rings (SSSR count). The SMILES string of the molecule is Brc1ccc2c(c1)C(=CNc1ccc(CN3CCCC3)cc1)CN=C2. The minimum absolute atomic E-state index is 0.712. The highest BCUT2D eigenvalue weighted by Crippen LogP contribution is 2.26. The molecule has 1 saturated heterocycles. The Bertz CT molecular complexity index is 802. The molecule has 2 aromatic rings. The topological polar surface area (TPSA) is 27.6 Å². The van der Waals surface area contributed by atoms with Crippen molar-refractivity contribution in [2.24, 2.45) is 4.99 Å². The van der Waals surface area contributed by atoms with Crippen molar-refractivity contribution in [2.75, 3.05) is 25.0 Å². The molecule has 25 heavy (non-hydrogen) atoms. The van der Waals surface area contributed by atoms with Crippen LogP contribution in [0.1, 0.15) is 29.5 Å². The third kappa shape index (κ3) is 4.02. The number of likely N-dealkylation sites (tertiary alicyclic amines) is 1. The third-order valence-corrected chi connectivity index (χ3v) is 5.32. The summed E-state index contributed by atoms with van der Waals surface area (Å²) in [4.78, 5) is 6.99. The first-order chi connectivity index (χ1) is 12.3. The van der Waals surface area contributed by atoms with Crippen LogP contribution in [-0.4, -0.2) is 30.7 Å². The van der Waals surface area contributed by atoms with Gasteiger partial charge in [-0.1, -0.05) is 34.1 Å². The van der Waals surface area contributed by atoms with E-state index in [2.05, 4.69) is 79.8 Å². The van der Waals surface area contributed by atoms with Crippen molar-refractivity contribution in [3.63, 3.8) is 0 Å². The molecule has 0 aliphatic carbocycles. The van der Waals surface area contributed by atoms with E-state index in [1.165, 1.54) is 48.2 Å². The van der Waals surface area contributed by atoms with Gasteiger partial charge in [0.05, 0.1) is 6.54 Å². The number of fused-ring (bicyclic) bond motifs is 1. The highest BCUT2D eigenvalue weighted by atomic mass is 79.9. The van der Waals surface area contributed by atoms with Crippen LogP contribution >= 0.6 is 15.9 Å². The number of nitrogens with one attached hydrogen (secondary N) is 1. The first-order valence-corrected chi connectivity index (χ1v) is 9.64. The summed E-state index contributed by atoms with van der Waals surface area (Å²) in [6.45, 7) is 4.25. The fraction of sp³-hybridized carbons (Fsp3) is 0.286. The van der Waals surface area contributed by atoms with Gasteiger partial charge in [0.2, 0.25) is 0 Å². The van der Waals surface area contributed by atoms with Crippen LogP contribution in [0.2, 0.25) is 0 Å². The van der Waals surface area contributed by atoms with Crippen LogP contribution in [0.25, 0.3) is 5.57 Å². The Hall–Kier alpha value is -1.91. The maximum absolute atomic E-state index is 4.46. The molecule has 0 saturated carbocycles. The largest absolute Gasteiger partial charge is 0.361 e. The Morgan fingerprint density at radius 2 is 1.88 bits per heavy atom. The highest BCUT2D eigenvalue weighted by Gasteiger charge is 2.12. The van der Waals surface area contributed by atoms with Gasteiger partial charge in [0, 0.05) is 29.1 Å². The Balaban J connectivity index is 1.45. The molecule has 1 N–H and O–H groups in total. The van der Waals surface area contributed by atoms with E-state index in [9.17, 15) is 0 Å². The first-order valence-electron chi connectivity index (χ1n) is 8.84. The number of anilines is 1. The number of benzene rings is 2. The van der Waals surface area contributed by atoms with Gasteiger partial charge in [-0.15, -0.1) is 0 Å². The second-order valence-corrected chi connectivity index (χ2v) is 7.61. The molecule has 0 unspecified atom stereocenters. The van der Waals surface area contributed by atoms with Gasteiger partial charge in [-0.2, -0.15) is 0 Å². The van der Waals surface area contributed by atoms with Crippen molar-refractivity contribution in [3.8, 4) is 0 Å². The van der Waals surface area contributed by atoms with E-state index in [1.807, 2.05) is 6.21 Å². The summed E-state index contributed by atoms with van der Waals surface area (Å²) in [5.74, 6) is 0. The quantitative estimate of drug-likeness (QED) is 0.794. The van der Waals surface area contributed by atoms with E-state index < -0.39 is 0 Å². The van der Waals surface area contributed by atoms with Crippen molar-refractivity contribution >= 4 is 33.4 Å². The standard InChI is InChI=1S/C21H22BrN3/c22-19-6-5-17-12-23-13-18(21(17)11-19)14-24-20-7-3-16(4-8-20)15-25-9-1-2-10-25/h3-8,11-12,14,24H,1-2,9-10,13,15H2. The van der Waals surface area contributed by atoms with Gasteiger partial charge in [-0.05, 0) is 72.5 Å². The van der Waals surface area contributed by atoms with E-state index in [-0.39, 0.29) is 0 Å². The molecule has 2 heterocycles. The van der Waals surface area contributed by atoms with E-state index in [1.54, 1.807) is 0 Å². The predicted octanol–water partition coefficient (Wildman–Crippen LogP) is 4.93. The molecule has 3 nitrogen and oxygen atoms in total. The van der Waals surface area contributed by atoms with E-state index >= 15 is 0 Å². The summed E-state index contributed by atoms with van der Waals surface area (Å²) >= 11 is 3.56. The van der Waals surface area contributed by atoms with Gasteiger partial charge < -0.3 is 5.32 Å². The summed E-state index contributed by atoms with van der Waals surface area (Å²) in [6, 6.07) is 15.1. The highest BCUT2D eigenvalue weighted by molar-refractivity contribution is 9.10. The van der Waals surface area contributed by atoms with Gasteiger partial charge >= 0.3 is 0 Å². The molecule has 0 radical (unpaired) electrons. The Kier molecular flexibility index (Phi) is 4.99. The molecular formula is C21H22BrN3. The minimum atomic E-state index is 0.712. The van der Waals surface area contributed by atoms with Crippen LogP contribution in [-0.2, 0) is 6.54 Å². The molecule has 1 fully saturated rings. The molecule has 2 aliphatic heterocycles. The molecule has 0 amide bonds. The van der Waals surface area contributed by atoms with Crippen LogP contribution < -0.4 is 5.32 Å². The van der Waals surface area contributed by atoms with Gasteiger partial charge in [0.25, 0.3) is 0 Å². The second kappa shape index (κ2) is 7.54. The second-order valence-electron chi connectivity index (χ2n) is 6.70. The van der Waals surface area contributed by atoms with Crippen LogP contribution in [0.4, 0.5) is 5.69 Å². The van der Waals surface area contributed by atoms with Crippen molar-refractivity contribution in [2.45, 2.75) is 19.4 Å². The maximum atomic E-state index is 4.46. The molecule has 2 aliphatic rings. The van der Waals surface area contributed by atoms with Crippen molar-refractivity contribution in [3.05, 3.63) is 69.8 Å². The summed E-state index contributed by atoms with van der Waals surface area (Å²) in [6.07, 6.45) is 6.71. The lowest BCUT2D eigenvalue weighted by Crippen LogP contribution is -2.18. The lowest BCUT2D eigenvalue weighted by Gasteiger charge is -2.16. The van der Waals surface area contributed by atoms with E-state index in [4.69, 9.17) is 0 Å². The summed E-state index contributed by atoms with van der Waals surface area (Å²) in [7, 11) is 0. The fourth-order valence-electron chi connectivity index (χ4n) is 3.45. The maximum Gasteiger partial charge on any atom is 0.0660 e. The summed E-state index contributed by atoms with van der Waals surface area (Å²) in [5, 5.41) is 3.43. The fourth-order valence-corrected chi connectivity index (χ4v) is 3.81. The lowest BCUT2D eigenvalue weighted by molar-refractivity contribution is 0.331. The van der Waals surface area contributed by atoms with Crippen LogP contribution in [0.15, 0.2) is 58.1 Å². The Morgan fingerprint density at radius 1 is 1.08 bits per heavy atom. The van der Waals surface area contributed by atoms with Crippen LogP contribution in [0.5, 0.6) is 0 Å². The summed E-state index contributed by atoms with van der Waals surface area (Å²) in [5.41, 5.74) is 6.12. The zero-order valence-electron chi connectivity index (χ0n) is 14.2. The van der Waals surface area contributed by atoms with Crippen molar-refractivity contribution < 1.29 is 0 Å². The van der Waals surface area contributed by atoms with Gasteiger partial charge in [-0.3, -0.25) is 9.89 Å². The number of nitrogens with zero attached hydrogens (tertiary/aromatic N) is 2.